The zero-order valence-electron chi connectivity index (χ0n) is 16.5. The van der Waals surface area contributed by atoms with Crippen LogP contribution in [0.15, 0.2) is 48.5 Å². The van der Waals surface area contributed by atoms with Gasteiger partial charge in [0.1, 0.15) is 5.75 Å². The van der Waals surface area contributed by atoms with Crippen LogP contribution in [0.4, 0.5) is 5.69 Å². The molecule has 0 aliphatic heterocycles. The molecule has 1 saturated carbocycles. The molecule has 9 heteroatoms. The molecule has 0 spiro atoms. The van der Waals surface area contributed by atoms with Crippen LogP contribution < -0.4 is 15.4 Å². The average Bonchev–Trinajstić information content (AvgIpc) is 3.49. The van der Waals surface area contributed by atoms with Crippen molar-refractivity contribution in [1.82, 2.24) is 25.5 Å². The summed E-state index contributed by atoms with van der Waals surface area (Å²) in [6.07, 6.45) is 2.14. The van der Waals surface area contributed by atoms with Gasteiger partial charge in [-0.05, 0) is 54.5 Å². The SMILES string of the molecule is CCOc1ccccc1C(=O)NCC(=O)Nc1cccc(-c2nnnn2C2CC2)c1. The lowest BCUT2D eigenvalue weighted by Crippen LogP contribution is -2.33. The summed E-state index contributed by atoms with van der Waals surface area (Å²) in [6, 6.07) is 14.6. The van der Waals surface area contributed by atoms with Crippen LogP contribution in [0.2, 0.25) is 0 Å². The number of amides is 2. The molecule has 0 radical (unpaired) electrons. The fourth-order valence-corrected chi connectivity index (χ4v) is 3.08. The van der Waals surface area contributed by atoms with E-state index >= 15 is 0 Å². The van der Waals surface area contributed by atoms with Gasteiger partial charge in [0.2, 0.25) is 5.91 Å². The van der Waals surface area contributed by atoms with E-state index in [1.807, 2.05) is 29.8 Å². The summed E-state index contributed by atoms with van der Waals surface area (Å²) in [5.74, 6) is 0.455. The van der Waals surface area contributed by atoms with Crippen molar-refractivity contribution in [3.05, 3.63) is 54.1 Å². The smallest absolute Gasteiger partial charge is 0.255 e. The maximum absolute atomic E-state index is 12.4. The van der Waals surface area contributed by atoms with Crippen LogP contribution in [0, 0.1) is 0 Å². The number of carbonyl (C=O) groups excluding carboxylic acids is 2. The van der Waals surface area contributed by atoms with Crippen molar-refractivity contribution < 1.29 is 14.3 Å². The summed E-state index contributed by atoms with van der Waals surface area (Å²) in [5.41, 5.74) is 1.81. The zero-order valence-corrected chi connectivity index (χ0v) is 16.5. The number of aromatic nitrogens is 4. The molecule has 0 bridgehead atoms. The predicted octanol–water partition coefficient (Wildman–Crippen LogP) is 2.44. The largest absolute Gasteiger partial charge is 0.493 e. The maximum Gasteiger partial charge on any atom is 0.255 e. The summed E-state index contributed by atoms with van der Waals surface area (Å²) in [5, 5.41) is 17.3. The van der Waals surface area contributed by atoms with E-state index in [0.717, 1.165) is 18.4 Å². The standard InChI is InChI=1S/C21H22N6O3/c1-2-30-18-9-4-3-8-17(18)21(29)22-13-19(28)23-15-7-5-6-14(12-15)20-24-25-26-27(20)16-10-11-16/h3-9,12,16H,2,10-11,13H2,1H3,(H,22,29)(H,23,28). The van der Waals surface area contributed by atoms with Crippen molar-refractivity contribution in [3.8, 4) is 17.1 Å². The first-order chi connectivity index (χ1) is 14.7. The number of hydrogen-bond donors (Lipinski definition) is 2. The first-order valence-electron chi connectivity index (χ1n) is 9.84. The molecule has 154 valence electrons. The van der Waals surface area contributed by atoms with Crippen LogP contribution in [0.3, 0.4) is 0 Å². The molecule has 1 aliphatic carbocycles. The summed E-state index contributed by atoms with van der Waals surface area (Å²) >= 11 is 0. The molecule has 0 atom stereocenters. The molecule has 2 N–H and O–H groups in total. The fraction of sp³-hybridized carbons (Fsp3) is 0.286. The molecule has 1 aliphatic rings. The molecule has 4 rings (SSSR count). The van der Waals surface area contributed by atoms with E-state index in [-0.39, 0.29) is 18.4 Å². The minimum Gasteiger partial charge on any atom is -0.493 e. The number of carbonyl (C=O) groups is 2. The number of anilines is 1. The lowest BCUT2D eigenvalue weighted by molar-refractivity contribution is -0.115. The number of tetrazole rings is 1. The van der Waals surface area contributed by atoms with Gasteiger partial charge in [-0.2, -0.15) is 0 Å². The van der Waals surface area contributed by atoms with Gasteiger partial charge in [0.15, 0.2) is 5.82 Å². The van der Waals surface area contributed by atoms with Crippen molar-refractivity contribution in [2.24, 2.45) is 0 Å². The number of benzene rings is 2. The van der Waals surface area contributed by atoms with Crippen molar-refractivity contribution in [2.75, 3.05) is 18.5 Å². The highest BCUT2D eigenvalue weighted by Crippen LogP contribution is 2.36. The van der Waals surface area contributed by atoms with Gasteiger partial charge in [-0.25, -0.2) is 4.68 Å². The second-order valence-corrected chi connectivity index (χ2v) is 6.92. The van der Waals surface area contributed by atoms with Crippen LogP contribution >= 0.6 is 0 Å². The zero-order chi connectivity index (χ0) is 20.9. The molecule has 0 saturated heterocycles. The Labute approximate surface area is 173 Å². The molecule has 0 unspecified atom stereocenters. The van der Waals surface area contributed by atoms with Crippen molar-refractivity contribution in [3.63, 3.8) is 0 Å². The van der Waals surface area contributed by atoms with Gasteiger partial charge in [0.05, 0.1) is 24.8 Å². The molecule has 30 heavy (non-hydrogen) atoms. The highest BCUT2D eigenvalue weighted by Gasteiger charge is 2.28. The van der Waals surface area contributed by atoms with E-state index < -0.39 is 0 Å². The molecule has 9 nitrogen and oxygen atoms in total. The number of hydrogen-bond acceptors (Lipinski definition) is 6. The fourth-order valence-electron chi connectivity index (χ4n) is 3.08. The van der Waals surface area contributed by atoms with Crippen LogP contribution in [0.5, 0.6) is 5.75 Å². The van der Waals surface area contributed by atoms with Crippen molar-refractivity contribution in [2.45, 2.75) is 25.8 Å². The second-order valence-electron chi connectivity index (χ2n) is 6.92. The molecule has 1 fully saturated rings. The summed E-state index contributed by atoms with van der Waals surface area (Å²) in [7, 11) is 0. The van der Waals surface area contributed by atoms with Crippen LogP contribution in [-0.2, 0) is 4.79 Å². The highest BCUT2D eigenvalue weighted by atomic mass is 16.5. The van der Waals surface area contributed by atoms with Crippen LogP contribution in [0.25, 0.3) is 11.4 Å². The van der Waals surface area contributed by atoms with Gasteiger partial charge in [-0.15, -0.1) is 5.10 Å². The quantitative estimate of drug-likeness (QED) is 0.594. The highest BCUT2D eigenvalue weighted by molar-refractivity contribution is 6.01. The topological polar surface area (TPSA) is 111 Å². The Morgan fingerprint density at radius 1 is 1.17 bits per heavy atom. The number of nitrogens with one attached hydrogen (secondary N) is 2. The lowest BCUT2D eigenvalue weighted by atomic mass is 10.2. The first kappa shape index (κ1) is 19.6. The van der Waals surface area contributed by atoms with Gasteiger partial charge in [0.25, 0.3) is 5.91 Å². The van der Waals surface area contributed by atoms with E-state index in [4.69, 9.17) is 4.74 Å². The summed E-state index contributed by atoms with van der Waals surface area (Å²) in [4.78, 5) is 24.8. The van der Waals surface area contributed by atoms with E-state index in [9.17, 15) is 9.59 Å². The van der Waals surface area contributed by atoms with Gasteiger partial charge in [0, 0.05) is 11.3 Å². The average molecular weight is 406 g/mol. The van der Waals surface area contributed by atoms with Gasteiger partial charge < -0.3 is 15.4 Å². The van der Waals surface area contributed by atoms with Gasteiger partial charge in [-0.3, -0.25) is 9.59 Å². The maximum atomic E-state index is 12.4. The molecule has 2 amide bonds. The van der Waals surface area contributed by atoms with E-state index in [1.165, 1.54) is 0 Å². The lowest BCUT2D eigenvalue weighted by Gasteiger charge is -2.11. The summed E-state index contributed by atoms with van der Waals surface area (Å²) < 4.78 is 7.28. The Morgan fingerprint density at radius 3 is 2.80 bits per heavy atom. The molecule has 2 aromatic carbocycles. The van der Waals surface area contributed by atoms with Crippen LogP contribution in [0.1, 0.15) is 36.2 Å². The molecular weight excluding hydrogens is 384 g/mol. The number of rotatable bonds is 8. The minimum absolute atomic E-state index is 0.163. The molecule has 3 aromatic rings. The monoisotopic (exact) mass is 406 g/mol. The third-order valence-electron chi connectivity index (χ3n) is 4.63. The van der Waals surface area contributed by atoms with Gasteiger partial charge >= 0.3 is 0 Å². The molecular formula is C21H22N6O3. The van der Waals surface area contributed by atoms with Crippen LogP contribution in [-0.4, -0.2) is 45.2 Å². The second kappa shape index (κ2) is 8.73. The molecule has 1 aromatic heterocycles. The Hall–Kier alpha value is -3.75. The van der Waals surface area contributed by atoms with Crippen molar-refractivity contribution >= 4 is 17.5 Å². The summed E-state index contributed by atoms with van der Waals surface area (Å²) in [6.45, 7) is 2.13. The van der Waals surface area contributed by atoms with Crippen molar-refractivity contribution in [1.29, 1.82) is 0 Å². The normalized spacial score (nSPS) is 13.0. The number of nitrogens with zero attached hydrogens (tertiary/aromatic N) is 4. The Kier molecular flexibility index (Phi) is 5.69. The Morgan fingerprint density at radius 2 is 2.00 bits per heavy atom. The third-order valence-corrected chi connectivity index (χ3v) is 4.63. The first-order valence-corrected chi connectivity index (χ1v) is 9.84. The van der Waals surface area contributed by atoms with Gasteiger partial charge in [-0.1, -0.05) is 24.3 Å². The molecule has 1 heterocycles. The number of ether oxygens (including phenoxy) is 1. The predicted molar refractivity (Wildman–Crippen MR) is 110 cm³/mol. The minimum atomic E-state index is -0.369. The van der Waals surface area contributed by atoms with E-state index in [1.54, 1.807) is 30.3 Å². The Bertz CT molecular complexity index is 1060. The third kappa shape index (κ3) is 4.45. The number of para-hydroxylation sites is 1. The Balaban J connectivity index is 1.38. The van der Waals surface area contributed by atoms with E-state index in [0.29, 0.717) is 35.5 Å². The van der Waals surface area contributed by atoms with E-state index in [2.05, 4.69) is 26.2 Å².